The fourth-order valence-electron chi connectivity index (χ4n) is 4.33. The van der Waals surface area contributed by atoms with Crippen molar-refractivity contribution in [1.82, 2.24) is 19.4 Å². The third-order valence-corrected chi connectivity index (χ3v) is 6.52. The molecule has 1 aromatic heterocycles. The number of nitrogens with two attached hydrogens (primary N) is 1. The van der Waals surface area contributed by atoms with E-state index in [4.69, 9.17) is 22.3 Å². The molecule has 0 aliphatic heterocycles. The zero-order valence-corrected chi connectivity index (χ0v) is 22.1. The van der Waals surface area contributed by atoms with Crippen LogP contribution in [0.15, 0.2) is 60.8 Å². The van der Waals surface area contributed by atoms with Crippen molar-refractivity contribution in [1.29, 1.82) is 0 Å². The first-order valence-electron chi connectivity index (χ1n) is 12.3. The predicted octanol–water partition coefficient (Wildman–Crippen LogP) is 5.08. The Labute approximate surface area is 214 Å². The molecule has 3 rings (SSSR count). The standard InChI is InChI=1S/C28H38ClN5O/c1-5-21(2)27(34(16-10-15-30)26(35)20-32(3)4)28-31-25(23-13-9-14-24(29)17-23)19-33(28)18-22-11-7-6-8-12-22/h6-9,11-14,17,19,21,27H,5,10,15-16,18,20,30H2,1-4H3/t21?,27-/m1/s1. The molecule has 0 aliphatic carbocycles. The van der Waals surface area contributed by atoms with Crippen LogP contribution in [0.1, 0.15) is 44.1 Å². The van der Waals surface area contributed by atoms with Crippen molar-refractivity contribution in [2.24, 2.45) is 11.7 Å². The highest BCUT2D eigenvalue weighted by molar-refractivity contribution is 6.30. The zero-order valence-electron chi connectivity index (χ0n) is 21.3. The molecule has 2 aromatic carbocycles. The minimum absolute atomic E-state index is 0.0901. The van der Waals surface area contributed by atoms with Gasteiger partial charge >= 0.3 is 0 Å². The second-order valence-electron chi connectivity index (χ2n) is 9.41. The summed E-state index contributed by atoms with van der Waals surface area (Å²) in [5.41, 5.74) is 8.86. The molecule has 0 aliphatic rings. The number of benzene rings is 2. The summed E-state index contributed by atoms with van der Waals surface area (Å²) in [6, 6.07) is 17.9. The van der Waals surface area contributed by atoms with Gasteiger partial charge in [-0.15, -0.1) is 0 Å². The Hall–Kier alpha value is -2.67. The van der Waals surface area contributed by atoms with Crippen molar-refractivity contribution in [3.63, 3.8) is 0 Å². The number of hydrogen-bond donors (Lipinski definition) is 1. The molecule has 0 fully saturated rings. The molecule has 1 unspecified atom stereocenters. The SMILES string of the molecule is CCC(C)[C@H](c1nc(-c2cccc(Cl)c2)cn1Cc1ccccc1)N(CCCN)C(=O)CN(C)C. The summed E-state index contributed by atoms with van der Waals surface area (Å²) < 4.78 is 2.20. The Morgan fingerprint density at radius 1 is 1.14 bits per heavy atom. The van der Waals surface area contributed by atoms with Crippen molar-refractivity contribution >= 4 is 17.5 Å². The van der Waals surface area contributed by atoms with E-state index >= 15 is 0 Å². The summed E-state index contributed by atoms with van der Waals surface area (Å²) in [4.78, 5) is 22.5. The molecule has 7 heteroatoms. The topological polar surface area (TPSA) is 67.4 Å². The van der Waals surface area contributed by atoms with Crippen LogP contribution in [0.4, 0.5) is 0 Å². The van der Waals surface area contributed by atoms with Gasteiger partial charge in [0, 0.05) is 29.9 Å². The molecule has 0 radical (unpaired) electrons. The maximum Gasteiger partial charge on any atom is 0.237 e. The number of amides is 1. The molecular formula is C28H38ClN5O. The molecule has 0 spiro atoms. The highest BCUT2D eigenvalue weighted by Crippen LogP contribution is 2.33. The molecule has 6 nitrogen and oxygen atoms in total. The van der Waals surface area contributed by atoms with E-state index in [1.165, 1.54) is 5.56 Å². The fourth-order valence-corrected chi connectivity index (χ4v) is 4.52. The number of halogens is 1. The number of imidazole rings is 1. The van der Waals surface area contributed by atoms with Crippen LogP contribution in [-0.4, -0.2) is 59.0 Å². The molecule has 0 bridgehead atoms. The average Bonchev–Trinajstić information content (AvgIpc) is 3.24. The molecule has 1 heterocycles. The van der Waals surface area contributed by atoms with Crippen molar-refractivity contribution in [3.05, 3.63) is 77.2 Å². The second kappa shape index (κ2) is 12.9. The van der Waals surface area contributed by atoms with Gasteiger partial charge in [-0.3, -0.25) is 4.79 Å². The first-order valence-corrected chi connectivity index (χ1v) is 12.7. The molecule has 2 atom stereocenters. The minimum atomic E-state index is -0.171. The lowest BCUT2D eigenvalue weighted by molar-refractivity contribution is -0.135. The Balaban J connectivity index is 2.14. The third kappa shape index (κ3) is 7.17. The van der Waals surface area contributed by atoms with Crippen LogP contribution in [-0.2, 0) is 11.3 Å². The Morgan fingerprint density at radius 3 is 2.51 bits per heavy atom. The van der Waals surface area contributed by atoms with Gasteiger partial charge in [0.25, 0.3) is 0 Å². The zero-order chi connectivity index (χ0) is 25.4. The normalized spacial score (nSPS) is 13.1. The van der Waals surface area contributed by atoms with Crippen LogP contribution in [0.25, 0.3) is 11.3 Å². The number of carbonyl (C=O) groups is 1. The maximum atomic E-state index is 13.5. The van der Waals surface area contributed by atoms with Gasteiger partial charge < -0.3 is 20.1 Å². The molecule has 188 valence electrons. The van der Waals surface area contributed by atoms with Crippen molar-refractivity contribution in [2.45, 2.75) is 39.3 Å². The van der Waals surface area contributed by atoms with Crippen LogP contribution < -0.4 is 5.73 Å². The van der Waals surface area contributed by atoms with Crippen molar-refractivity contribution in [3.8, 4) is 11.3 Å². The van der Waals surface area contributed by atoms with E-state index in [1.54, 1.807) is 0 Å². The number of likely N-dealkylation sites (N-methyl/N-ethyl adjacent to an activating group) is 1. The van der Waals surface area contributed by atoms with E-state index < -0.39 is 0 Å². The van der Waals surface area contributed by atoms with Gasteiger partial charge in [-0.2, -0.15) is 0 Å². The predicted molar refractivity (Wildman–Crippen MR) is 144 cm³/mol. The molecule has 0 saturated heterocycles. The highest BCUT2D eigenvalue weighted by Gasteiger charge is 2.33. The summed E-state index contributed by atoms with van der Waals surface area (Å²) in [5.74, 6) is 1.19. The van der Waals surface area contributed by atoms with E-state index in [1.807, 2.05) is 66.4 Å². The summed E-state index contributed by atoms with van der Waals surface area (Å²) in [5, 5.41) is 0.672. The van der Waals surface area contributed by atoms with Gasteiger partial charge in [-0.05, 0) is 50.7 Å². The van der Waals surface area contributed by atoms with Gasteiger partial charge in [0.05, 0.1) is 18.3 Å². The van der Waals surface area contributed by atoms with E-state index in [2.05, 4.69) is 36.7 Å². The molecule has 35 heavy (non-hydrogen) atoms. The smallest absolute Gasteiger partial charge is 0.237 e. The third-order valence-electron chi connectivity index (χ3n) is 6.28. The maximum absolute atomic E-state index is 13.5. The van der Waals surface area contributed by atoms with E-state index in [0.29, 0.717) is 31.2 Å². The highest BCUT2D eigenvalue weighted by atomic mass is 35.5. The lowest BCUT2D eigenvalue weighted by Crippen LogP contribution is -2.44. The van der Waals surface area contributed by atoms with Crippen LogP contribution in [0.2, 0.25) is 5.02 Å². The van der Waals surface area contributed by atoms with Gasteiger partial charge in [0.2, 0.25) is 5.91 Å². The first kappa shape index (κ1) is 26.9. The molecular weight excluding hydrogens is 458 g/mol. The van der Waals surface area contributed by atoms with E-state index in [-0.39, 0.29) is 17.9 Å². The summed E-state index contributed by atoms with van der Waals surface area (Å²) in [6.07, 6.45) is 3.75. The number of aromatic nitrogens is 2. The average molecular weight is 496 g/mol. The quantitative estimate of drug-likeness (QED) is 0.380. The molecule has 2 N–H and O–H groups in total. The van der Waals surface area contributed by atoms with Crippen LogP contribution >= 0.6 is 11.6 Å². The number of nitrogens with zero attached hydrogens (tertiary/aromatic N) is 4. The number of rotatable bonds is 12. The van der Waals surface area contributed by atoms with Gasteiger partial charge in [-0.25, -0.2) is 4.98 Å². The Bertz CT molecular complexity index is 1080. The monoisotopic (exact) mass is 495 g/mol. The fraction of sp³-hybridized carbons (Fsp3) is 0.429. The Morgan fingerprint density at radius 2 is 1.89 bits per heavy atom. The lowest BCUT2D eigenvalue weighted by atomic mass is 9.96. The molecule has 1 amide bonds. The van der Waals surface area contributed by atoms with Gasteiger partial charge in [0.1, 0.15) is 5.82 Å². The van der Waals surface area contributed by atoms with Crippen molar-refractivity contribution in [2.75, 3.05) is 33.7 Å². The van der Waals surface area contributed by atoms with E-state index in [0.717, 1.165) is 29.9 Å². The molecule has 0 saturated carbocycles. The first-order chi connectivity index (χ1) is 16.8. The second-order valence-corrected chi connectivity index (χ2v) is 9.84. The number of hydrogen-bond acceptors (Lipinski definition) is 4. The lowest BCUT2D eigenvalue weighted by Gasteiger charge is -2.36. The largest absolute Gasteiger partial charge is 0.331 e. The van der Waals surface area contributed by atoms with Crippen LogP contribution in [0.5, 0.6) is 0 Å². The summed E-state index contributed by atoms with van der Waals surface area (Å²) >= 11 is 6.30. The van der Waals surface area contributed by atoms with Crippen LogP contribution in [0, 0.1) is 5.92 Å². The molecule has 3 aromatic rings. The summed E-state index contributed by atoms with van der Waals surface area (Å²) in [6.45, 7) is 6.51. The van der Waals surface area contributed by atoms with E-state index in [9.17, 15) is 4.79 Å². The Kier molecular flexibility index (Phi) is 9.90. The minimum Gasteiger partial charge on any atom is -0.331 e. The van der Waals surface area contributed by atoms with Crippen LogP contribution in [0.3, 0.4) is 0 Å². The summed E-state index contributed by atoms with van der Waals surface area (Å²) in [7, 11) is 3.84. The van der Waals surface area contributed by atoms with Gasteiger partial charge in [-0.1, -0.05) is 74.3 Å². The number of carbonyl (C=O) groups excluding carboxylic acids is 1. The van der Waals surface area contributed by atoms with Crippen molar-refractivity contribution < 1.29 is 4.79 Å². The van der Waals surface area contributed by atoms with Gasteiger partial charge in [0.15, 0.2) is 0 Å².